The Kier molecular flexibility index (Phi) is 3.17. The lowest BCUT2D eigenvalue weighted by Gasteiger charge is -1.99. The van der Waals surface area contributed by atoms with E-state index >= 15 is 0 Å². The van der Waals surface area contributed by atoms with Crippen molar-refractivity contribution in [3.63, 3.8) is 0 Å². The van der Waals surface area contributed by atoms with Gasteiger partial charge >= 0.3 is 0 Å². The third kappa shape index (κ3) is 2.03. The van der Waals surface area contributed by atoms with Gasteiger partial charge in [0.2, 0.25) is 0 Å². The van der Waals surface area contributed by atoms with Gasteiger partial charge in [0, 0.05) is 21.3 Å². The lowest BCUT2D eigenvalue weighted by atomic mass is 10.1. The zero-order chi connectivity index (χ0) is 17.0. The summed E-state index contributed by atoms with van der Waals surface area (Å²) in [5.41, 5.74) is 1.25. The number of aromatic hydroxyl groups is 1. The molecule has 0 aliphatic rings. The standard InChI is InChI=1S/C16H8BrF2N3O2/c17-6-1-2-7-11(3-6)21-16(23)13(7)15-14(22-24)8-4-9(18)10(19)5-12(8)20-15/h1-5,20-21,23H. The number of nitroso groups, excluding NO2 is 1. The minimum Gasteiger partial charge on any atom is -0.494 e. The van der Waals surface area contributed by atoms with Crippen LogP contribution in [0.1, 0.15) is 0 Å². The molecule has 120 valence electrons. The van der Waals surface area contributed by atoms with Gasteiger partial charge in [-0.05, 0) is 23.4 Å². The molecule has 0 bridgehead atoms. The van der Waals surface area contributed by atoms with E-state index in [-0.39, 0.29) is 28.2 Å². The van der Waals surface area contributed by atoms with Crippen LogP contribution in [0.15, 0.2) is 40.0 Å². The highest BCUT2D eigenvalue weighted by Gasteiger charge is 2.22. The molecule has 2 aromatic carbocycles. The molecule has 0 atom stereocenters. The molecule has 0 fully saturated rings. The van der Waals surface area contributed by atoms with Crippen LogP contribution >= 0.6 is 15.9 Å². The minimum atomic E-state index is -1.08. The Morgan fingerprint density at radius 2 is 1.71 bits per heavy atom. The summed E-state index contributed by atoms with van der Waals surface area (Å²) in [6.07, 6.45) is 0. The number of fused-ring (bicyclic) bond motifs is 2. The number of H-pyrrole nitrogens is 2. The van der Waals surface area contributed by atoms with Crippen LogP contribution in [0.5, 0.6) is 5.88 Å². The molecule has 0 spiro atoms. The van der Waals surface area contributed by atoms with Crippen LogP contribution < -0.4 is 0 Å². The van der Waals surface area contributed by atoms with Gasteiger partial charge in [0.25, 0.3) is 0 Å². The van der Waals surface area contributed by atoms with E-state index in [2.05, 4.69) is 31.1 Å². The first-order chi connectivity index (χ1) is 11.5. The maximum atomic E-state index is 13.5. The number of rotatable bonds is 2. The quantitative estimate of drug-likeness (QED) is 0.396. The van der Waals surface area contributed by atoms with E-state index in [0.29, 0.717) is 16.5 Å². The average molecular weight is 392 g/mol. The van der Waals surface area contributed by atoms with Gasteiger partial charge in [0.05, 0.1) is 22.3 Å². The first-order valence-corrected chi connectivity index (χ1v) is 7.63. The van der Waals surface area contributed by atoms with Crippen molar-refractivity contribution in [3.05, 3.63) is 51.3 Å². The smallest absolute Gasteiger partial charge is 0.199 e. The fraction of sp³-hybridized carbons (Fsp3) is 0. The highest BCUT2D eigenvalue weighted by Crippen LogP contribution is 2.44. The zero-order valence-electron chi connectivity index (χ0n) is 11.8. The monoisotopic (exact) mass is 391 g/mol. The van der Waals surface area contributed by atoms with Crippen LogP contribution in [-0.4, -0.2) is 15.1 Å². The Balaban J connectivity index is 2.10. The molecule has 0 aliphatic heterocycles. The van der Waals surface area contributed by atoms with Crippen LogP contribution in [0, 0.1) is 16.5 Å². The molecule has 0 amide bonds. The average Bonchev–Trinajstić information content (AvgIpc) is 3.03. The second-order valence-corrected chi connectivity index (χ2v) is 6.21. The van der Waals surface area contributed by atoms with Gasteiger partial charge in [-0.15, -0.1) is 4.91 Å². The van der Waals surface area contributed by atoms with Crippen LogP contribution in [0.25, 0.3) is 33.1 Å². The number of nitrogens with zero attached hydrogens (tertiary/aromatic N) is 1. The van der Waals surface area contributed by atoms with Gasteiger partial charge in [-0.25, -0.2) is 8.78 Å². The fourth-order valence-corrected chi connectivity index (χ4v) is 3.22. The minimum absolute atomic E-state index is 0.0944. The van der Waals surface area contributed by atoms with Gasteiger partial charge < -0.3 is 15.1 Å². The summed E-state index contributed by atoms with van der Waals surface area (Å²) < 4.78 is 27.8. The number of aromatic nitrogens is 2. The molecule has 0 aliphatic carbocycles. The predicted molar refractivity (Wildman–Crippen MR) is 90.3 cm³/mol. The zero-order valence-corrected chi connectivity index (χ0v) is 13.4. The fourth-order valence-electron chi connectivity index (χ4n) is 2.86. The number of hydrogen-bond donors (Lipinski definition) is 3. The van der Waals surface area contributed by atoms with Gasteiger partial charge in [-0.2, -0.15) is 0 Å². The molecule has 4 rings (SSSR count). The molecule has 5 nitrogen and oxygen atoms in total. The molecule has 24 heavy (non-hydrogen) atoms. The van der Waals surface area contributed by atoms with Crippen molar-refractivity contribution in [3.8, 4) is 17.1 Å². The first kappa shape index (κ1) is 14.8. The number of hydrogen-bond acceptors (Lipinski definition) is 3. The third-order valence-electron chi connectivity index (χ3n) is 3.89. The number of nitrogens with one attached hydrogen (secondary N) is 2. The van der Waals surface area contributed by atoms with E-state index in [1.54, 1.807) is 18.2 Å². The molecule has 8 heteroatoms. The number of aromatic amines is 2. The van der Waals surface area contributed by atoms with E-state index in [9.17, 15) is 18.8 Å². The Labute approximate surface area is 141 Å². The summed E-state index contributed by atoms with van der Waals surface area (Å²) in [4.78, 5) is 16.9. The largest absolute Gasteiger partial charge is 0.494 e. The summed E-state index contributed by atoms with van der Waals surface area (Å²) in [6.45, 7) is 0. The van der Waals surface area contributed by atoms with Crippen LogP contribution in [0.2, 0.25) is 0 Å². The molecule has 2 heterocycles. The van der Waals surface area contributed by atoms with Gasteiger partial charge in [-0.3, -0.25) is 0 Å². The normalized spacial score (nSPS) is 11.5. The first-order valence-electron chi connectivity index (χ1n) is 6.84. The summed E-state index contributed by atoms with van der Waals surface area (Å²) >= 11 is 3.33. The Morgan fingerprint density at radius 1 is 1.00 bits per heavy atom. The number of benzene rings is 2. The molecule has 3 N–H and O–H groups in total. The van der Waals surface area contributed by atoms with E-state index in [4.69, 9.17) is 0 Å². The molecular formula is C16H8BrF2N3O2. The van der Waals surface area contributed by atoms with E-state index < -0.39 is 11.6 Å². The highest BCUT2D eigenvalue weighted by molar-refractivity contribution is 9.10. The number of halogens is 3. The van der Waals surface area contributed by atoms with Gasteiger partial charge in [0.1, 0.15) is 5.69 Å². The molecule has 4 aromatic rings. The summed E-state index contributed by atoms with van der Waals surface area (Å²) in [7, 11) is 0. The lowest BCUT2D eigenvalue weighted by molar-refractivity contribution is 0.460. The molecule has 0 saturated heterocycles. The van der Waals surface area contributed by atoms with Crippen molar-refractivity contribution >= 4 is 43.4 Å². The van der Waals surface area contributed by atoms with Gasteiger partial charge in [0.15, 0.2) is 17.5 Å². The Bertz CT molecular complexity index is 1130. The Hall–Kier alpha value is -2.74. The molecule has 0 unspecified atom stereocenters. The molecule has 2 aromatic heterocycles. The van der Waals surface area contributed by atoms with Crippen LogP contribution in [0.3, 0.4) is 0 Å². The third-order valence-corrected chi connectivity index (χ3v) is 4.39. The molecular weight excluding hydrogens is 384 g/mol. The van der Waals surface area contributed by atoms with Crippen LogP contribution in [0.4, 0.5) is 14.5 Å². The predicted octanol–water partition coefficient (Wildman–Crippen LogP) is 5.46. The van der Waals surface area contributed by atoms with Crippen LogP contribution in [-0.2, 0) is 0 Å². The highest BCUT2D eigenvalue weighted by atomic mass is 79.9. The second-order valence-electron chi connectivity index (χ2n) is 5.29. The van der Waals surface area contributed by atoms with Gasteiger partial charge in [-0.1, -0.05) is 22.0 Å². The van der Waals surface area contributed by atoms with Crippen molar-refractivity contribution in [2.24, 2.45) is 5.18 Å². The summed E-state index contributed by atoms with van der Waals surface area (Å²) in [5.74, 6) is -2.30. The topological polar surface area (TPSA) is 81.2 Å². The second kappa shape index (κ2) is 5.13. The van der Waals surface area contributed by atoms with Crippen molar-refractivity contribution in [1.29, 1.82) is 0 Å². The summed E-state index contributed by atoms with van der Waals surface area (Å²) in [6, 6.07) is 7.13. The maximum absolute atomic E-state index is 13.5. The summed E-state index contributed by atoms with van der Waals surface area (Å²) in [5, 5.41) is 14.0. The van der Waals surface area contributed by atoms with E-state index in [0.717, 1.165) is 16.6 Å². The van der Waals surface area contributed by atoms with E-state index in [1.807, 2.05) is 0 Å². The molecule has 0 saturated carbocycles. The molecule has 0 radical (unpaired) electrons. The Morgan fingerprint density at radius 3 is 2.46 bits per heavy atom. The van der Waals surface area contributed by atoms with Crippen molar-refractivity contribution in [2.45, 2.75) is 0 Å². The maximum Gasteiger partial charge on any atom is 0.199 e. The lowest BCUT2D eigenvalue weighted by Crippen LogP contribution is -1.82. The SMILES string of the molecule is O=Nc1c(-c2c(O)[nH]c3cc(Br)ccc23)[nH]c2cc(F)c(F)cc12. The van der Waals surface area contributed by atoms with E-state index in [1.165, 1.54) is 0 Å². The van der Waals surface area contributed by atoms with Crippen molar-refractivity contribution in [2.75, 3.05) is 0 Å². The van der Waals surface area contributed by atoms with Crippen molar-refractivity contribution < 1.29 is 13.9 Å². The van der Waals surface area contributed by atoms with Crippen molar-refractivity contribution in [1.82, 2.24) is 9.97 Å².